The van der Waals surface area contributed by atoms with Gasteiger partial charge in [-0.3, -0.25) is 0 Å². The minimum atomic E-state index is 0.741. The van der Waals surface area contributed by atoms with Gasteiger partial charge < -0.3 is 4.48 Å². The third-order valence-corrected chi connectivity index (χ3v) is 8.26. The van der Waals surface area contributed by atoms with Gasteiger partial charge in [-0.2, -0.15) is 0 Å². The third-order valence-electron chi connectivity index (χ3n) is 8.26. The molecule has 0 amide bonds. The van der Waals surface area contributed by atoms with Crippen molar-refractivity contribution in [3.63, 3.8) is 0 Å². The molecule has 1 heteroatoms. The molecular formula is C34H60N+. The van der Waals surface area contributed by atoms with Crippen LogP contribution in [0.25, 0.3) is 0 Å². The Morgan fingerprint density at radius 1 is 0.371 bits per heavy atom. The third kappa shape index (κ3) is 17.1. The van der Waals surface area contributed by atoms with E-state index >= 15 is 0 Å². The standard InChI is InChI=1S/C34H60N/c1-35(2,31-23-15-11-7-3-5-9-13-17-25-33-27-19-20-28-33)32-24-16-12-8-4-6-10-14-18-26-34-29-21-22-30-34/h19-22,27-30,33-34H,3-18,23-26,31-32H2,1-2H3/q+1. The smallest absolute Gasteiger partial charge is 0.0782 e. The molecule has 0 fully saturated rings. The fourth-order valence-corrected chi connectivity index (χ4v) is 5.77. The maximum Gasteiger partial charge on any atom is 0.0782 e. The number of unbranched alkanes of at least 4 members (excludes halogenated alkanes) is 16. The highest BCUT2D eigenvalue weighted by Gasteiger charge is 2.13. The normalized spacial score (nSPS) is 15.8. The van der Waals surface area contributed by atoms with Crippen LogP contribution in [0.5, 0.6) is 0 Å². The lowest BCUT2D eigenvalue weighted by atomic mass is 10.0. The van der Waals surface area contributed by atoms with Gasteiger partial charge in [0, 0.05) is 0 Å². The molecule has 0 N–H and O–H groups in total. The second-order valence-corrected chi connectivity index (χ2v) is 12.2. The lowest BCUT2D eigenvalue weighted by Gasteiger charge is -2.30. The van der Waals surface area contributed by atoms with Gasteiger partial charge in [0.1, 0.15) is 0 Å². The van der Waals surface area contributed by atoms with E-state index in [-0.39, 0.29) is 0 Å². The molecular weight excluding hydrogens is 422 g/mol. The maximum absolute atomic E-state index is 2.45. The fourth-order valence-electron chi connectivity index (χ4n) is 5.77. The van der Waals surface area contributed by atoms with E-state index in [1.165, 1.54) is 146 Å². The molecule has 0 aliphatic heterocycles. The van der Waals surface area contributed by atoms with Gasteiger partial charge in [-0.05, 0) is 50.4 Å². The van der Waals surface area contributed by atoms with Crippen LogP contribution in [0.3, 0.4) is 0 Å². The van der Waals surface area contributed by atoms with Crippen molar-refractivity contribution in [1.29, 1.82) is 0 Å². The summed E-state index contributed by atoms with van der Waals surface area (Å²) >= 11 is 0. The van der Waals surface area contributed by atoms with Crippen LogP contribution in [0, 0.1) is 11.8 Å². The van der Waals surface area contributed by atoms with E-state index in [9.17, 15) is 0 Å². The van der Waals surface area contributed by atoms with E-state index in [1.807, 2.05) is 0 Å². The summed E-state index contributed by atoms with van der Waals surface area (Å²) in [5.74, 6) is 1.48. The largest absolute Gasteiger partial charge is 0.328 e. The summed E-state index contributed by atoms with van der Waals surface area (Å²) in [6.07, 6.45) is 46.8. The molecule has 0 heterocycles. The van der Waals surface area contributed by atoms with Crippen molar-refractivity contribution in [2.45, 2.75) is 128 Å². The Labute approximate surface area is 220 Å². The highest BCUT2D eigenvalue weighted by molar-refractivity contribution is 5.17. The first-order valence-electron chi connectivity index (χ1n) is 15.7. The lowest BCUT2D eigenvalue weighted by Crippen LogP contribution is -2.41. The molecule has 2 rings (SSSR count). The minimum Gasteiger partial charge on any atom is -0.328 e. The van der Waals surface area contributed by atoms with Crippen molar-refractivity contribution in [3.05, 3.63) is 48.6 Å². The second-order valence-electron chi connectivity index (χ2n) is 12.2. The molecule has 0 saturated heterocycles. The molecule has 0 radical (unpaired) electrons. The van der Waals surface area contributed by atoms with E-state index in [0.717, 1.165) is 11.8 Å². The van der Waals surface area contributed by atoms with E-state index in [1.54, 1.807) is 0 Å². The van der Waals surface area contributed by atoms with Gasteiger partial charge in [0.2, 0.25) is 0 Å². The van der Waals surface area contributed by atoms with Gasteiger partial charge in [-0.25, -0.2) is 0 Å². The van der Waals surface area contributed by atoms with Crippen LogP contribution in [-0.2, 0) is 0 Å². The van der Waals surface area contributed by atoms with Crippen molar-refractivity contribution >= 4 is 0 Å². The second kappa shape index (κ2) is 20.0. The van der Waals surface area contributed by atoms with E-state index in [4.69, 9.17) is 0 Å². The zero-order valence-corrected chi connectivity index (χ0v) is 23.8. The summed E-state index contributed by atoms with van der Waals surface area (Å²) < 4.78 is 1.23. The first-order valence-corrected chi connectivity index (χ1v) is 15.7. The first kappa shape index (κ1) is 30.1. The zero-order valence-electron chi connectivity index (χ0n) is 23.8. The average molecular weight is 483 g/mol. The molecule has 0 saturated carbocycles. The summed E-state index contributed by atoms with van der Waals surface area (Å²) in [6, 6.07) is 0. The topological polar surface area (TPSA) is 0 Å². The van der Waals surface area contributed by atoms with Crippen molar-refractivity contribution in [1.82, 2.24) is 0 Å². The molecule has 0 aromatic carbocycles. The number of allylic oxidation sites excluding steroid dienone is 8. The molecule has 0 spiro atoms. The highest BCUT2D eigenvalue weighted by atomic mass is 15.3. The summed E-state index contributed by atoms with van der Waals surface area (Å²) in [5, 5.41) is 0. The van der Waals surface area contributed by atoms with Crippen molar-refractivity contribution in [2.75, 3.05) is 27.2 Å². The SMILES string of the molecule is C[N+](C)(CCCCCCCCCCCC1C=CC=C1)CCCCCCCCCCCC1C=CC=C1. The number of hydrogen-bond donors (Lipinski definition) is 0. The molecule has 0 aromatic heterocycles. The molecule has 35 heavy (non-hydrogen) atoms. The monoisotopic (exact) mass is 482 g/mol. The zero-order chi connectivity index (χ0) is 24.9. The lowest BCUT2D eigenvalue weighted by molar-refractivity contribution is -0.890. The molecule has 2 aliphatic carbocycles. The molecule has 0 aromatic rings. The van der Waals surface area contributed by atoms with E-state index in [2.05, 4.69) is 62.7 Å². The number of nitrogens with zero attached hydrogens (tertiary/aromatic N) is 1. The van der Waals surface area contributed by atoms with Crippen molar-refractivity contribution < 1.29 is 4.48 Å². The Hall–Kier alpha value is -1.08. The molecule has 1 nitrogen and oxygen atoms in total. The van der Waals surface area contributed by atoms with E-state index < -0.39 is 0 Å². The van der Waals surface area contributed by atoms with Gasteiger partial charge >= 0.3 is 0 Å². The number of quaternary nitrogens is 1. The van der Waals surface area contributed by atoms with Gasteiger partial charge in [-0.1, -0.05) is 138 Å². The van der Waals surface area contributed by atoms with Crippen LogP contribution in [-0.4, -0.2) is 31.7 Å². The van der Waals surface area contributed by atoms with Crippen LogP contribution >= 0.6 is 0 Å². The maximum atomic E-state index is 2.45. The Balaban J connectivity index is 1.25. The number of hydrogen-bond acceptors (Lipinski definition) is 0. The van der Waals surface area contributed by atoms with Crippen LogP contribution in [0.1, 0.15) is 128 Å². The van der Waals surface area contributed by atoms with Gasteiger partial charge in [0.25, 0.3) is 0 Å². The summed E-state index contributed by atoms with van der Waals surface area (Å²) in [7, 11) is 4.91. The predicted octanol–water partition coefficient (Wildman–Crippen LogP) is 10.3. The Bertz CT molecular complexity index is 532. The van der Waals surface area contributed by atoms with Crippen LogP contribution < -0.4 is 0 Å². The van der Waals surface area contributed by atoms with E-state index in [0.29, 0.717) is 0 Å². The summed E-state index contributed by atoms with van der Waals surface area (Å²) in [6.45, 7) is 2.74. The molecule has 2 aliphatic rings. The Morgan fingerprint density at radius 2 is 0.629 bits per heavy atom. The van der Waals surface area contributed by atoms with Crippen LogP contribution in [0.2, 0.25) is 0 Å². The number of rotatable bonds is 24. The Morgan fingerprint density at radius 3 is 0.943 bits per heavy atom. The minimum absolute atomic E-state index is 0.741. The quantitative estimate of drug-likeness (QED) is 0.0947. The van der Waals surface area contributed by atoms with Gasteiger partial charge in [0.05, 0.1) is 27.2 Å². The predicted molar refractivity (Wildman–Crippen MR) is 158 cm³/mol. The first-order chi connectivity index (χ1) is 17.2. The van der Waals surface area contributed by atoms with Gasteiger partial charge in [-0.15, -0.1) is 0 Å². The Kier molecular flexibility index (Phi) is 17.3. The molecule has 200 valence electrons. The summed E-state index contributed by atoms with van der Waals surface area (Å²) in [5.41, 5.74) is 0. The van der Waals surface area contributed by atoms with Crippen LogP contribution in [0.15, 0.2) is 48.6 Å². The average Bonchev–Trinajstić information content (AvgIpc) is 3.55. The summed E-state index contributed by atoms with van der Waals surface area (Å²) in [4.78, 5) is 0. The molecule has 0 unspecified atom stereocenters. The highest BCUT2D eigenvalue weighted by Crippen LogP contribution is 2.20. The van der Waals surface area contributed by atoms with Crippen molar-refractivity contribution in [3.8, 4) is 0 Å². The van der Waals surface area contributed by atoms with Gasteiger partial charge in [0.15, 0.2) is 0 Å². The molecule has 0 bridgehead atoms. The fraction of sp³-hybridized carbons (Fsp3) is 0.765. The van der Waals surface area contributed by atoms with Crippen molar-refractivity contribution in [2.24, 2.45) is 11.8 Å². The van der Waals surface area contributed by atoms with Crippen LogP contribution in [0.4, 0.5) is 0 Å². The molecule has 0 atom stereocenters.